The molecule has 0 spiro atoms. The van der Waals surface area contributed by atoms with Gasteiger partial charge in [0.1, 0.15) is 11.2 Å². The molecule has 3 rings (SSSR count). The first-order valence-corrected chi connectivity index (χ1v) is 8.11. The van der Waals surface area contributed by atoms with Gasteiger partial charge in [-0.25, -0.2) is 0 Å². The van der Waals surface area contributed by atoms with Crippen LogP contribution in [-0.2, 0) is 9.59 Å². The van der Waals surface area contributed by atoms with Crippen molar-refractivity contribution in [1.82, 2.24) is 16.2 Å². The van der Waals surface area contributed by atoms with Gasteiger partial charge in [-0.05, 0) is 43.9 Å². The minimum atomic E-state index is -1.05. The molecule has 128 valence electrons. The lowest BCUT2D eigenvalue weighted by Gasteiger charge is -2.38. The van der Waals surface area contributed by atoms with Crippen molar-refractivity contribution >= 4 is 17.7 Å². The highest BCUT2D eigenvalue weighted by Crippen LogP contribution is 2.42. The highest BCUT2D eigenvalue weighted by Gasteiger charge is 2.51. The van der Waals surface area contributed by atoms with Crippen molar-refractivity contribution in [2.24, 2.45) is 5.41 Å². The maximum atomic E-state index is 12.4. The van der Waals surface area contributed by atoms with Crippen LogP contribution in [0.15, 0.2) is 24.3 Å². The van der Waals surface area contributed by atoms with E-state index < -0.39 is 17.2 Å². The van der Waals surface area contributed by atoms with Crippen molar-refractivity contribution in [2.75, 3.05) is 7.11 Å². The van der Waals surface area contributed by atoms with E-state index in [1.165, 1.54) is 7.11 Å². The second-order valence-corrected chi connectivity index (χ2v) is 6.32. The zero-order chi connectivity index (χ0) is 17.2. The number of hydrogen-bond acceptors (Lipinski definition) is 4. The number of benzene rings is 1. The number of amides is 3. The van der Waals surface area contributed by atoms with E-state index in [1.54, 1.807) is 24.3 Å². The summed E-state index contributed by atoms with van der Waals surface area (Å²) in [5.41, 5.74) is 4.08. The summed E-state index contributed by atoms with van der Waals surface area (Å²) < 4.78 is 5.07. The number of nitrogens with one attached hydrogen (secondary N) is 3. The molecule has 0 saturated heterocycles. The summed E-state index contributed by atoms with van der Waals surface area (Å²) in [6.45, 7) is 0. The van der Waals surface area contributed by atoms with Gasteiger partial charge in [0, 0.05) is 11.6 Å². The molecule has 1 aromatic rings. The van der Waals surface area contributed by atoms with Crippen LogP contribution in [0.25, 0.3) is 0 Å². The van der Waals surface area contributed by atoms with Crippen LogP contribution in [0.4, 0.5) is 0 Å². The molecule has 0 unspecified atom stereocenters. The zero-order valence-electron chi connectivity index (χ0n) is 13.6. The predicted octanol–water partition coefficient (Wildman–Crippen LogP) is 0.905. The third-order valence-electron chi connectivity index (χ3n) is 4.61. The molecule has 0 bridgehead atoms. The summed E-state index contributed by atoms with van der Waals surface area (Å²) in [6, 6.07) is 6.80. The van der Waals surface area contributed by atoms with E-state index in [4.69, 9.17) is 4.74 Å². The molecule has 24 heavy (non-hydrogen) atoms. The third-order valence-corrected chi connectivity index (χ3v) is 4.61. The van der Waals surface area contributed by atoms with Gasteiger partial charge < -0.3 is 10.1 Å². The molecule has 7 heteroatoms. The van der Waals surface area contributed by atoms with E-state index >= 15 is 0 Å². The fourth-order valence-electron chi connectivity index (χ4n) is 2.71. The predicted molar refractivity (Wildman–Crippen MR) is 86.1 cm³/mol. The quantitative estimate of drug-likeness (QED) is 0.552. The van der Waals surface area contributed by atoms with Crippen molar-refractivity contribution in [3.63, 3.8) is 0 Å². The van der Waals surface area contributed by atoms with Gasteiger partial charge in [0.05, 0.1) is 7.11 Å². The Bertz CT molecular complexity index is 666. The molecule has 3 amide bonds. The second-order valence-electron chi connectivity index (χ2n) is 6.32. The Labute approximate surface area is 140 Å². The molecule has 0 atom stereocenters. The highest BCUT2D eigenvalue weighted by atomic mass is 16.5. The normalized spacial score (nSPS) is 18.0. The maximum absolute atomic E-state index is 12.4. The fraction of sp³-hybridized carbons (Fsp3) is 0.471. The number of hydrazine groups is 1. The van der Waals surface area contributed by atoms with Gasteiger partial charge in [0.25, 0.3) is 11.8 Å². The first-order valence-electron chi connectivity index (χ1n) is 8.11. The Morgan fingerprint density at radius 2 is 1.88 bits per heavy atom. The largest absolute Gasteiger partial charge is 0.497 e. The molecule has 0 aliphatic heterocycles. The van der Waals surface area contributed by atoms with E-state index in [0.29, 0.717) is 24.2 Å². The minimum absolute atomic E-state index is 0.203. The van der Waals surface area contributed by atoms with E-state index in [0.717, 1.165) is 19.3 Å². The molecule has 0 radical (unpaired) electrons. The first-order chi connectivity index (χ1) is 11.5. The topological polar surface area (TPSA) is 96.5 Å². The molecule has 2 fully saturated rings. The van der Waals surface area contributed by atoms with Crippen molar-refractivity contribution < 1.29 is 19.1 Å². The SMILES string of the molecule is COc1cccc(C(=O)NNC(=O)C2(C(=O)NC3CC3)CCC2)c1. The van der Waals surface area contributed by atoms with E-state index in [-0.39, 0.29) is 11.9 Å². The Hall–Kier alpha value is -2.57. The number of hydrogen-bond donors (Lipinski definition) is 3. The monoisotopic (exact) mass is 331 g/mol. The van der Waals surface area contributed by atoms with Crippen molar-refractivity contribution in [3.8, 4) is 5.75 Å². The Morgan fingerprint density at radius 3 is 2.46 bits per heavy atom. The van der Waals surface area contributed by atoms with Crippen LogP contribution in [0.2, 0.25) is 0 Å². The van der Waals surface area contributed by atoms with Gasteiger partial charge in [0.15, 0.2) is 0 Å². The van der Waals surface area contributed by atoms with E-state index in [1.807, 2.05) is 0 Å². The summed E-state index contributed by atoms with van der Waals surface area (Å²) in [4.78, 5) is 36.9. The van der Waals surface area contributed by atoms with Crippen LogP contribution in [0.1, 0.15) is 42.5 Å². The van der Waals surface area contributed by atoms with E-state index in [2.05, 4.69) is 16.2 Å². The summed E-state index contributed by atoms with van der Waals surface area (Å²) in [5, 5.41) is 2.88. The summed E-state index contributed by atoms with van der Waals surface area (Å²) in [5.74, 6) is -0.597. The first kappa shape index (κ1) is 16.3. The number of carbonyl (C=O) groups excluding carboxylic acids is 3. The van der Waals surface area contributed by atoms with Crippen LogP contribution in [0.5, 0.6) is 5.75 Å². The summed E-state index contributed by atoms with van der Waals surface area (Å²) >= 11 is 0. The van der Waals surface area contributed by atoms with E-state index in [9.17, 15) is 14.4 Å². The second kappa shape index (κ2) is 6.51. The lowest BCUT2D eigenvalue weighted by Crippen LogP contribution is -2.58. The number of rotatable bonds is 5. The molecule has 1 aromatic carbocycles. The average molecular weight is 331 g/mol. The fourth-order valence-corrected chi connectivity index (χ4v) is 2.71. The summed E-state index contributed by atoms with van der Waals surface area (Å²) in [7, 11) is 1.51. The molecular weight excluding hydrogens is 310 g/mol. The van der Waals surface area contributed by atoms with Gasteiger partial charge in [-0.3, -0.25) is 25.2 Å². The van der Waals surface area contributed by atoms with Crippen molar-refractivity contribution in [1.29, 1.82) is 0 Å². The van der Waals surface area contributed by atoms with Gasteiger partial charge in [-0.15, -0.1) is 0 Å². The average Bonchev–Trinajstić information content (AvgIpc) is 3.35. The van der Waals surface area contributed by atoms with Crippen LogP contribution >= 0.6 is 0 Å². The van der Waals surface area contributed by atoms with Crippen molar-refractivity contribution in [2.45, 2.75) is 38.1 Å². The molecule has 0 heterocycles. The van der Waals surface area contributed by atoms with Crippen LogP contribution < -0.4 is 20.9 Å². The Balaban J connectivity index is 1.59. The highest BCUT2D eigenvalue weighted by molar-refractivity contribution is 6.07. The van der Waals surface area contributed by atoms with Gasteiger partial charge >= 0.3 is 0 Å². The zero-order valence-corrected chi connectivity index (χ0v) is 13.6. The third kappa shape index (κ3) is 3.20. The smallest absolute Gasteiger partial charge is 0.269 e. The molecule has 7 nitrogen and oxygen atoms in total. The molecule has 2 saturated carbocycles. The summed E-state index contributed by atoms with van der Waals surface area (Å²) in [6.07, 6.45) is 3.78. The number of carbonyl (C=O) groups is 3. The molecule has 2 aliphatic carbocycles. The van der Waals surface area contributed by atoms with Gasteiger partial charge in [-0.2, -0.15) is 0 Å². The number of methoxy groups -OCH3 is 1. The molecule has 0 aromatic heterocycles. The minimum Gasteiger partial charge on any atom is -0.497 e. The number of ether oxygens (including phenoxy) is 1. The Kier molecular flexibility index (Phi) is 4.42. The van der Waals surface area contributed by atoms with Crippen LogP contribution in [-0.4, -0.2) is 30.9 Å². The van der Waals surface area contributed by atoms with Crippen LogP contribution in [0.3, 0.4) is 0 Å². The lowest BCUT2D eigenvalue weighted by molar-refractivity contribution is -0.150. The molecular formula is C17H21N3O4. The molecule has 2 aliphatic rings. The van der Waals surface area contributed by atoms with Crippen LogP contribution in [0, 0.1) is 5.41 Å². The molecule has 3 N–H and O–H groups in total. The maximum Gasteiger partial charge on any atom is 0.269 e. The van der Waals surface area contributed by atoms with Crippen molar-refractivity contribution in [3.05, 3.63) is 29.8 Å². The van der Waals surface area contributed by atoms with Gasteiger partial charge in [-0.1, -0.05) is 12.5 Å². The Morgan fingerprint density at radius 1 is 1.12 bits per heavy atom. The lowest BCUT2D eigenvalue weighted by atomic mass is 9.67. The van der Waals surface area contributed by atoms with Gasteiger partial charge in [0.2, 0.25) is 5.91 Å². The standard InChI is InChI=1S/C17H21N3O4/c1-24-13-5-2-4-11(10-13)14(21)19-20-16(23)17(8-3-9-17)15(22)18-12-6-7-12/h2,4-5,10,12H,3,6-9H2,1H3,(H,18,22)(H,19,21)(H,20,23).